The van der Waals surface area contributed by atoms with Crippen LogP contribution in [0.15, 0.2) is 30.3 Å². The molecule has 2 unspecified atom stereocenters. The number of carbonyl (C=O) groups is 1. The van der Waals surface area contributed by atoms with E-state index in [0.717, 1.165) is 52.1 Å². The van der Waals surface area contributed by atoms with Crippen LogP contribution < -0.4 is 16.0 Å². The van der Waals surface area contributed by atoms with Gasteiger partial charge in [-0.15, -0.1) is 37.2 Å². The van der Waals surface area contributed by atoms with Crippen LogP contribution in [0.3, 0.4) is 0 Å². The lowest BCUT2D eigenvalue weighted by Crippen LogP contribution is -2.46. The number of hydrogen-bond acceptors (Lipinski definition) is 4. The molecular weight excluding hydrogens is 407 g/mol. The largest absolute Gasteiger partial charge is 0.369 e. The van der Waals surface area contributed by atoms with Gasteiger partial charge in [0.05, 0.1) is 0 Å². The Morgan fingerprint density at radius 2 is 1.63 bits per heavy atom. The van der Waals surface area contributed by atoms with Crippen LogP contribution in [0.5, 0.6) is 0 Å². The summed E-state index contributed by atoms with van der Waals surface area (Å²) in [6.07, 6.45) is 2.15. The first-order valence-electron chi connectivity index (χ1n) is 9.13. The zero-order chi connectivity index (χ0) is 17.4. The van der Waals surface area contributed by atoms with Crippen LogP contribution in [-0.2, 0) is 4.79 Å². The van der Waals surface area contributed by atoms with Gasteiger partial charge in [0.1, 0.15) is 0 Å². The molecule has 0 bridgehead atoms. The van der Waals surface area contributed by atoms with Crippen LogP contribution in [0.2, 0.25) is 0 Å². The molecule has 5 nitrogen and oxygen atoms in total. The average Bonchev–Trinajstić information content (AvgIpc) is 2.61. The van der Waals surface area contributed by atoms with Crippen molar-refractivity contribution >= 4 is 48.8 Å². The number of anilines is 1. The summed E-state index contributed by atoms with van der Waals surface area (Å²) in [4.78, 5) is 16.8. The van der Waals surface area contributed by atoms with Gasteiger partial charge >= 0.3 is 0 Å². The molecular formula is C19H35Cl3N4O. The molecule has 1 aliphatic heterocycles. The van der Waals surface area contributed by atoms with Gasteiger partial charge in [-0.1, -0.05) is 25.1 Å². The molecule has 0 radical (unpaired) electrons. The van der Waals surface area contributed by atoms with Crippen LogP contribution in [0.1, 0.15) is 26.7 Å². The molecule has 1 aliphatic rings. The van der Waals surface area contributed by atoms with Gasteiger partial charge in [-0.2, -0.15) is 0 Å². The van der Waals surface area contributed by atoms with Crippen molar-refractivity contribution in [1.29, 1.82) is 0 Å². The van der Waals surface area contributed by atoms with Crippen molar-refractivity contribution in [2.45, 2.75) is 32.7 Å². The maximum atomic E-state index is 11.8. The minimum Gasteiger partial charge on any atom is -0.369 e. The number of nitrogens with one attached hydrogen (secondary N) is 1. The summed E-state index contributed by atoms with van der Waals surface area (Å²) in [6.45, 7) is 10.0. The summed E-state index contributed by atoms with van der Waals surface area (Å²) in [6, 6.07) is 10.5. The predicted octanol–water partition coefficient (Wildman–Crippen LogP) is 2.95. The van der Waals surface area contributed by atoms with Gasteiger partial charge < -0.3 is 16.0 Å². The van der Waals surface area contributed by atoms with E-state index in [1.165, 1.54) is 5.69 Å². The number of carbonyl (C=O) groups excluding carboxylic acids is 1. The van der Waals surface area contributed by atoms with Gasteiger partial charge in [0.25, 0.3) is 0 Å². The Morgan fingerprint density at radius 3 is 2.19 bits per heavy atom. The highest BCUT2D eigenvalue weighted by Crippen LogP contribution is 2.15. The van der Waals surface area contributed by atoms with Crippen molar-refractivity contribution in [2.24, 2.45) is 11.7 Å². The molecule has 0 saturated carbocycles. The smallest absolute Gasteiger partial charge is 0.224 e. The number of halogens is 3. The summed E-state index contributed by atoms with van der Waals surface area (Å²) >= 11 is 0. The van der Waals surface area contributed by atoms with Crippen molar-refractivity contribution < 1.29 is 4.79 Å². The second-order valence-electron chi connectivity index (χ2n) is 6.81. The maximum absolute atomic E-state index is 11.8. The van der Waals surface area contributed by atoms with E-state index >= 15 is 0 Å². The summed E-state index contributed by atoms with van der Waals surface area (Å²) in [5.74, 6) is -0.0439. The van der Waals surface area contributed by atoms with Gasteiger partial charge in [-0.25, -0.2) is 0 Å². The van der Waals surface area contributed by atoms with E-state index < -0.39 is 0 Å². The van der Waals surface area contributed by atoms with Gasteiger partial charge in [-0.05, 0) is 38.4 Å². The van der Waals surface area contributed by atoms with E-state index in [1.807, 2.05) is 13.8 Å². The number of piperazine rings is 1. The molecule has 2 rings (SSSR count). The standard InChI is InChI=1S/C19H32N4O.3ClH/c1-16(17(2)20)19(24)21-10-6-7-11-22-12-14-23(15-13-22)18-8-4-3-5-9-18;;;/h3-5,8-9,16-17H,6-7,10-15,20H2,1-2H3,(H,21,24);3*1H. The average molecular weight is 442 g/mol. The van der Waals surface area contributed by atoms with Crippen molar-refractivity contribution in [1.82, 2.24) is 10.2 Å². The van der Waals surface area contributed by atoms with Gasteiger partial charge in [0.2, 0.25) is 5.91 Å². The first-order chi connectivity index (χ1) is 11.6. The van der Waals surface area contributed by atoms with Gasteiger partial charge in [0, 0.05) is 50.4 Å². The lowest BCUT2D eigenvalue weighted by molar-refractivity contribution is -0.124. The summed E-state index contributed by atoms with van der Waals surface area (Å²) in [5.41, 5.74) is 7.07. The maximum Gasteiger partial charge on any atom is 0.224 e. The molecule has 1 aromatic rings. The number of hydrogen-bond donors (Lipinski definition) is 2. The molecule has 1 saturated heterocycles. The first-order valence-corrected chi connectivity index (χ1v) is 9.13. The molecule has 3 N–H and O–H groups in total. The highest BCUT2D eigenvalue weighted by atomic mass is 35.5. The van der Waals surface area contributed by atoms with E-state index in [-0.39, 0.29) is 55.1 Å². The Balaban J connectivity index is 0. The first kappa shape index (κ1) is 28.5. The number of para-hydroxylation sites is 1. The molecule has 1 fully saturated rings. The number of nitrogens with zero attached hydrogens (tertiary/aromatic N) is 2. The molecule has 0 spiro atoms. The molecule has 27 heavy (non-hydrogen) atoms. The van der Waals surface area contributed by atoms with E-state index in [9.17, 15) is 4.79 Å². The van der Waals surface area contributed by atoms with Gasteiger partial charge in [-0.3, -0.25) is 9.69 Å². The Labute approximate surface area is 182 Å². The Bertz CT molecular complexity index is 497. The van der Waals surface area contributed by atoms with E-state index in [0.29, 0.717) is 0 Å². The van der Waals surface area contributed by atoms with Crippen LogP contribution in [0.4, 0.5) is 5.69 Å². The second-order valence-corrected chi connectivity index (χ2v) is 6.81. The van der Waals surface area contributed by atoms with Crippen molar-refractivity contribution in [3.05, 3.63) is 30.3 Å². The summed E-state index contributed by atoms with van der Waals surface area (Å²) in [7, 11) is 0. The highest BCUT2D eigenvalue weighted by molar-refractivity contribution is 5.86. The second kappa shape index (κ2) is 15.2. The SMILES string of the molecule is CC(N)C(C)C(=O)NCCCCN1CCN(c2ccccc2)CC1.Cl.Cl.Cl. The monoisotopic (exact) mass is 440 g/mol. The van der Waals surface area contributed by atoms with Crippen LogP contribution >= 0.6 is 37.2 Å². The molecule has 0 aromatic heterocycles. The fourth-order valence-electron chi connectivity index (χ4n) is 2.94. The zero-order valence-corrected chi connectivity index (χ0v) is 18.8. The minimum atomic E-state index is -0.115. The van der Waals surface area contributed by atoms with Crippen LogP contribution in [-0.4, -0.2) is 56.1 Å². The fraction of sp³-hybridized carbons (Fsp3) is 0.632. The Kier molecular flexibility index (Phi) is 16.1. The van der Waals surface area contributed by atoms with Crippen molar-refractivity contribution in [2.75, 3.05) is 44.2 Å². The topological polar surface area (TPSA) is 61.6 Å². The molecule has 8 heteroatoms. The third-order valence-corrected chi connectivity index (χ3v) is 4.90. The molecule has 1 heterocycles. The minimum absolute atomic E-state index is 0. The number of benzene rings is 1. The van der Waals surface area contributed by atoms with Crippen LogP contribution in [0.25, 0.3) is 0 Å². The number of unbranched alkanes of at least 4 members (excludes halogenated alkanes) is 1. The Hall–Kier alpha value is -0.720. The molecule has 0 aliphatic carbocycles. The van der Waals surface area contributed by atoms with E-state index in [4.69, 9.17) is 5.73 Å². The number of nitrogens with two attached hydrogens (primary N) is 1. The predicted molar refractivity (Wildman–Crippen MR) is 122 cm³/mol. The normalized spacial score (nSPS) is 16.2. The third kappa shape index (κ3) is 9.86. The fourth-order valence-corrected chi connectivity index (χ4v) is 2.94. The Morgan fingerprint density at radius 1 is 1.04 bits per heavy atom. The zero-order valence-electron chi connectivity index (χ0n) is 16.3. The molecule has 2 atom stereocenters. The van der Waals surface area contributed by atoms with Crippen molar-refractivity contribution in [3.63, 3.8) is 0 Å². The summed E-state index contributed by atoms with van der Waals surface area (Å²) in [5, 5.41) is 2.98. The highest BCUT2D eigenvalue weighted by Gasteiger charge is 2.17. The van der Waals surface area contributed by atoms with Crippen LogP contribution in [0, 0.1) is 5.92 Å². The lowest BCUT2D eigenvalue weighted by Gasteiger charge is -2.36. The molecule has 1 amide bonds. The summed E-state index contributed by atoms with van der Waals surface area (Å²) < 4.78 is 0. The quantitative estimate of drug-likeness (QED) is 0.609. The van der Waals surface area contributed by atoms with Gasteiger partial charge in [0.15, 0.2) is 0 Å². The molecule has 158 valence electrons. The van der Waals surface area contributed by atoms with E-state index in [2.05, 4.69) is 45.4 Å². The van der Waals surface area contributed by atoms with Crippen molar-refractivity contribution in [3.8, 4) is 0 Å². The number of amides is 1. The lowest BCUT2D eigenvalue weighted by atomic mass is 10.0. The third-order valence-electron chi connectivity index (χ3n) is 4.90. The van der Waals surface area contributed by atoms with E-state index in [1.54, 1.807) is 0 Å². The molecule has 1 aromatic carbocycles. The number of rotatable bonds is 8.